The van der Waals surface area contributed by atoms with E-state index in [9.17, 15) is 32.9 Å². The van der Waals surface area contributed by atoms with E-state index < -0.39 is 39.6 Å². The minimum atomic E-state index is -5.12. The third-order valence-corrected chi connectivity index (χ3v) is 5.35. The Hall–Kier alpha value is -4.09. The predicted molar refractivity (Wildman–Crippen MR) is 122 cm³/mol. The highest BCUT2D eigenvalue weighted by Gasteiger charge is 2.40. The summed E-state index contributed by atoms with van der Waals surface area (Å²) in [6, 6.07) is 11.8. The van der Waals surface area contributed by atoms with E-state index >= 15 is 0 Å². The summed E-state index contributed by atoms with van der Waals surface area (Å²) in [7, 11) is 0. The second-order valence-electron chi connectivity index (χ2n) is 7.09. The molecule has 0 bridgehead atoms. The number of para-hydroxylation sites is 1. The van der Waals surface area contributed by atoms with Crippen LogP contribution in [0.5, 0.6) is 17.2 Å². The third-order valence-electron chi connectivity index (χ3n) is 4.72. The summed E-state index contributed by atoms with van der Waals surface area (Å²) in [5.41, 5.74) is -2.28. The Bertz CT molecular complexity index is 1580. The van der Waals surface area contributed by atoms with E-state index in [0.717, 1.165) is 36.4 Å². The second kappa shape index (κ2) is 9.51. The minimum absolute atomic E-state index is 0.0303. The van der Waals surface area contributed by atoms with Gasteiger partial charge in [-0.2, -0.15) is 13.2 Å². The van der Waals surface area contributed by atoms with Crippen molar-refractivity contribution in [3.63, 3.8) is 0 Å². The smallest absolute Gasteiger partial charge is 0.448 e. The third kappa shape index (κ3) is 4.97. The quantitative estimate of drug-likeness (QED) is 0.116. The monoisotopic (exact) mass is 539 g/mol. The van der Waals surface area contributed by atoms with Crippen LogP contribution in [0.1, 0.15) is 16.1 Å². The van der Waals surface area contributed by atoms with Crippen molar-refractivity contribution < 1.29 is 36.8 Å². The first-order chi connectivity index (χ1) is 17.0. The lowest BCUT2D eigenvalue weighted by Crippen LogP contribution is -2.16. The van der Waals surface area contributed by atoms with E-state index in [2.05, 4.69) is 0 Å². The summed E-state index contributed by atoms with van der Waals surface area (Å²) in [4.78, 5) is 35.4. The number of ether oxygens (including phenoxy) is 2. The first kappa shape index (κ1) is 25.0. The molecule has 0 aliphatic carbocycles. The summed E-state index contributed by atoms with van der Waals surface area (Å²) in [5.74, 6) is -4.36. The molecule has 1 aromatic heterocycles. The van der Waals surface area contributed by atoms with Crippen molar-refractivity contribution in [3.05, 3.63) is 102 Å². The van der Waals surface area contributed by atoms with E-state index in [1.165, 1.54) is 24.3 Å². The summed E-state index contributed by atoms with van der Waals surface area (Å²) >= 11 is 11.8. The van der Waals surface area contributed by atoms with Crippen LogP contribution in [0.3, 0.4) is 0 Å². The van der Waals surface area contributed by atoms with Crippen LogP contribution in [0.2, 0.25) is 10.0 Å². The molecule has 0 N–H and O–H groups in total. The van der Waals surface area contributed by atoms with Crippen molar-refractivity contribution in [1.82, 2.24) is 0 Å². The summed E-state index contributed by atoms with van der Waals surface area (Å²) < 4.78 is 56.5. The molecule has 184 valence electrons. The SMILES string of the molecule is O=C(Oc1ccc2c(=O)c(Oc3ccccc3Cl)c(C(F)(F)F)oc2c1)c1ccc([N+](=O)[O-])cc1Cl. The number of non-ortho nitro benzene ring substituents is 1. The number of esters is 1. The van der Waals surface area contributed by atoms with Crippen LogP contribution >= 0.6 is 23.2 Å². The Morgan fingerprint density at radius 1 is 1.00 bits per heavy atom. The second-order valence-corrected chi connectivity index (χ2v) is 7.90. The van der Waals surface area contributed by atoms with Crippen LogP contribution in [0.25, 0.3) is 11.0 Å². The maximum atomic E-state index is 13.7. The zero-order valence-corrected chi connectivity index (χ0v) is 19.0. The molecular formula is C23H10Cl2F3NO7. The van der Waals surface area contributed by atoms with Crippen LogP contribution in [0, 0.1) is 10.1 Å². The lowest BCUT2D eigenvalue weighted by atomic mass is 10.2. The van der Waals surface area contributed by atoms with Crippen molar-refractivity contribution in [2.75, 3.05) is 0 Å². The number of nitrogens with zero attached hydrogens (tertiary/aromatic N) is 1. The Balaban J connectivity index is 1.74. The maximum absolute atomic E-state index is 13.7. The van der Waals surface area contributed by atoms with Gasteiger partial charge in [0.1, 0.15) is 17.1 Å². The topological polar surface area (TPSA) is 109 Å². The van der Waals surface area contributed by atoms with Crippen molar-refractivity contribution in [2.45, 2.75) is 6.18 Å². The first-order valence-corrected chi connectivity index (χ1v) is 10.5. The molecule has 0 atom stereocenters. The van der Waals surface area contributed by atoms with E-state index in [4.69, 9.17) is 37.1 Å². The molecule has 36 heavy (non-hydrogen) atoms. The lowest BCUT2D eigenvalue weighted by molar-refractivity contribution is -0.384. The van der Waals surface area contributed by atoms with Gasteiger partial charge in [-0.3, -0.25) is 14.9 Å². The lowest BCUT2D eigenvalue weighted by Gasteiger charge is -2.14. The van der Waals surface area contributed by atoms with E-state index in [-0.39, 0.29) is 38.2 Å². The highest BCUT2D eigenvalue weighted by atomic mass is 35.5. The number of nitro benzene ring substituents is 1. The highest BCUT2D eigenvalue weighted by Crippen LogP contribution is 2.40. The molecule has 4 rings (SSSR count). The standard InChI is InChI=1S/C23H10Cl2F3NO7/c24-15-3-1-2-4-17(15)35-20-19(30)14-8-6-12(10-18(14)36-21(20)23(26,27)28)34-22(31)13-7-5-11(29(32)33)9-16(13)25/h1-10H. The number of carbonyl (C=O) groups is 1. The number of alkyl halides is 3. The molecule has 0 saturated carbocycles. The van der Waals surface area contributed by atoms with Crippen molar-refractivity contribution >= 4 is 45.8 Å². The van der Waals surface area contributed by atoms with Crippen LogP contribution in [0.15, 0.2) is 69.9 Å². The van der Waals surface area contributed by atoms with Gasteiger partial charge in [-0.1, -0.05) is 35.3 Å². The van der Waals surface area contributed by atoms with Gasteiger partial charge in [0.05, 0.1) is 25.9 Å². The number of benzene rings is 3. The first-order valence-electron chi connectivity index (χ1n) is 9.72. The van der Waals surface area contributed by atoms with E-state index in [1.807, 2.05) is 0 Å². The number of halogens is 5. The number of hydrogen-bond donors (Lipinski definition) is 0. The minimum Gasteiger partial charge on any atom is -0.448 e. The normalized spacial score (nSPS) is 11.4. The summed E-state index contributed by atoms with van der Waals surface area (Å²) in [6.45, 7) is 0. The van der Waals surface area contributed by atoms with Crippen LogP contribution < -0.4 is 14.9 Å². The van der Waals surface area contributed by atoms with Gasteiger partial charge in [0.2, 0.25) is 11.2 Å². The van der Waals surface area contributed by atoms with E-state index in [1.54, 1.807) is 0 Å². The molecule has 0 unspecified atom stereocenters. The largest absolute Gasteiger partial charge is 0.453 e. The molecule has 0 saturated heterocycles. The summed E-state index contributed by atoms with van der Waals surface area (Å²) in [6.07, 6.45) is -5.12. The van der Waals surface area contributed by atoms with Crippen LogP contribution in [0.4, 0.5) is 18.9 Å². The Morgan fingerprint density at radius 2 is 1.72 bits per heavy atom. The van der Waals surface area contributed by atoms with Gasteiger partial charge in [0.15, 0.2) is 0 Å². The molecule has 8 nitrogen and oxygen atoms in total. The maximum Gasteiger partial charge on any atom is 0.453 e. The van der Waals surface area contributed by atoms with Crippen LogP contribution in [-0.4, -0.2) is 10.9 Å². The Kier molecular flexibility index (Phi) is 6.61. The zero-order valence-electron chi connectivity index (χ0n) is 17.5. The number of fused-ring (bicyclic) bond motifs is 1. The number of hydrogen-bond acceptors (Lipinski definition) is 7. The van der Waals surface area contributed by atoms with Crippen LogP contribution in [-0.2, 0) is 6.18 Å². The van der Waals surface area contributed by atoms with Gasteiger partial charge >= 0.3 is 12.1 Å². The molecule has 0 radical (unpaired) electrons. The molecule has 0 aliphatic rings. The molecule has 1 heterocycles. The van der Waals surface area contributed by atoms with Gasteiger partial charge in [0.25, 0.3) is 11.4 Å². The zero-order chi connectivity index (χ0) is 26.2. The average Bonchev–Trinajstić information content (AvgIpc) is 2.81. The van der Waals surface area contributed by atoms with Gasteiger partial charge in [-0.25, -0.2) is 4.79 Å². The van der Waals surface area contributed by atoms with Crippen molar-refractivity contribution in [1.29, 1.82) is 0 Å². The molecular weight excluding hydrogens is 530 g/mol. The Morgan fingerprint density at radius 3 is 2.36 bits per heavy atom. The molecule has 0 fully saturated rings. The fourth-order valence-corrected chi connectivity index (χ4v) is 3.51. The van der Waals surface area contributed by atoms with Crippen molar-refractivity contribution in [2.24, 2.45) is 0 Å². The number of nitro groups is 1. The molecule has 0 spiro atoms. The molecule has 4 aromatic rings. The average molecular weight is 540 g/mol. The molecule has 0 amide bonds. The fraction of sp³-hybridized carbons (Fsp3) is 0.0435. The molecule has 13 heteroatoms. The van der Waals surface area contributed by atoms with E-state index in [0.29, 0.717) is 0 Å². The predicted octanol–water partition coefficient (Wildman–Crippen LogP) is 7.04. The Labute approximate surface area is 208 Å². The van der Waals surface area contributed by atoms with Gasteiger partial charge in [0, 0.05) is 18.2 Å². The molecule has 0 aliphatic heterocycles. The highest BCUT2D eigenvalue weighted by molar-refractivity contribution is 6.33. The number of rotatable bonds is 5. The number of carbonyl (C=O) groups excluding carboxylic acids is 1. The van der Waals surface area contributed by atoms with Gasteiger partial charge in [-0.15, -0.1) is 0 Å². The molecule has 3 aromatic carbocycles. The summed E-state index contributed by atoms with van der Waals surface area (Å²) in [5, 5.41) is 10.2. The van der Waals surface area contributed by atoms with Crippen molar-refractivity contribution in [3.8, 4) is 17.2 Å². The fourth-order valence-electron chi connectivity index (χ4n) is 3.08. The van der Waals surface area contributed by atoms with Gasteiger partial charge < -0.3 is 13.9 Å². The van der Waals surface area contributed by atoms with Gasteiger partial charge in [-0.05, 0) is 30.3 Å².